The van der Waals surface area contributed by atoms with Crippen LogP contribution in [0.25, 0.3) is 82.5 Å². The highest BCUT2D eigenvalue weighted by Crippen LogP contribution is 2.57. The summed E-state index contributed by atoms with van der Waals surface area (Å²) < 4.78 is 16.9. The predicted molar refractivity (Wildman–Crippen MR) is 284 cm³/mol. The Labute approximate surface area is 394 Å². The van der Waals surface area contributed by atoms with Gasteiger partial charge in [-0.15, -0.1) is 0 Å². The predicted octanol–water partition coefficient (Wildman–Crippen LogP) is 15.8. The van der Waals surface area contributed by atoms with Gasteiger partial charge < -0.3 is 18.2 Å². The van der Waals surface area contributed by atoms with E-state index in [0.29, 0.717) is 0 Å². The smallest absolute Gasteiger partial charge is 0.333 e. The van der Waals surface area contributed by atoms with Gasteiger partial charge in [0.05, 0.1) is 16.4 Å². The van der Waals surface area contributed by atoms with E-state index in [9.17, 15) is 0 Å². The van der Waals surface area contributed by atoms with Gasteiger partial charge in [0.15, 0.2) is 0 Å². The molecule has 0 unspecified atom stereocenters. The van der Waals surface area contributed by atoms with E-state index in [4.69, 9.17) is 8.83 Å². The van der Waals surface area contributed by atoms with Crippen LogP contribution in [0.4, 0.5) is 11.4 Å². The van der Waals surface area contributed by atoms with E-state index in [1.165, 1.54) is 99.5 Å². The van der Waals surface area contributed by atoms with Crippen molar-refractivity contribution in [1.29, 1.82) is 0 Å². The molecule has 0 radical (unpaired) electrons. The molecule has 4 nitrogen and oxygen atoms in total. The molecule has 10 aromatic rings. The zero-order valence-corrected chi connectivity index (χ0v) is 41.0. The zero-order valence-electron chi connectivity index (χ0n) is 41.0. The maximum Gasteiger partial charge on any atom is 0.333 e. The number of fused-ring (bicyclic) bond motifs is 18. The molecule has 4 aliphatic rings. The highest BCUT2D eigenvalue weighted by molar-refractivity contribution is 6.94. The first-order valence-electron chi connectivity index (χ1n) is 24.9. The zero-order chi connectivity index (χ0) is 46.1. The van der Waals surface area contributed by atoms with Gasteiger partial charge in [0.25, 0.3) is 0 Å². The average Bonchev–Trinajstić information content (AvgIpc) is 3.97. The number of rotatable bonds is 1. The topological polar surface area (TPSA) is 34.5 Å². The van der Waals surface area contributed by atoms with Crippen molar-refractivity contribution in [3.05, 3.63) is 137 Å². The van der Waals surface area contributed by atoms with Crippen molar-refractivity contribution in [3.8, 4) is 16.8 Å². The Morgan fingerprint density at radius 3 is 1.76 bits per heavy atom. The molecule has 2 aliphatic carbocycles. The van der Waals surface area contributed by atoms with Crippen molar-refractivity contribution in [2.24, 2.45) is 0 Å². The molecule has 0 amide bonds. The van der Waals surface area contributed by atoms with Crippen LogP contribution in [0.15, 0.2) is 118 Å². The van der Waals surface area contributed by atoms with Gasteiger partial charge in [-0.1, -0.05) is 125 Å². The lowest BCUT2D eigenvalue weighted by molar-refractivity contribution is 0.332. The van der Waals surface area contributed by atoms with Crippen LogP contribution >= 0.6 is 0 Å². The summed E-state index contributed by atoms with van der Waals surface area (Å²) in [6.45, 7) is 26.5. The van der Waals surface area contributed by atoms with Gasteiger partial charge in [0.2, 0.25) is 0 Å². The third kappa shape index (κ3) is 5.11. The number of furan rings is 2. The number of benzene rings is 7. The minimum Gasteiger partial charge on any atom is -0.456 e. The lowest BCUT2D eigenvalue weighted by atomic mass is 9.43. The van der Waals surface area contributed by atoms with Crippen molar-refractivity contribution in [1.82, 2.24) is 4.57 Å². The summed E-state index contributed by atoms with van der Waals surface area (Å²) in [5, 5.41) is 7.19. The molecule has 2 aliphatic heterocycles. The highest BCUT2D eigenvalue weighted by atomic mass is 16.3. The molecule has 14 rings (SSSR count). The molecule has 0 atom stereocenters. The van der Waals surface area contributed by atoms with Gasteiger partial charge in [-0.25, -0.2) is 0 Å². The minimum atomic E-state index is -0.173. The Hall–Kier alpha value is -6.20. The van der Waals surface area contributed by atoms with E-state index in [1.807, 2.05) is 0 Å². The summed E-state index contributed by atoms with van der Waals surface area (Å²) >= 11 is 0. The molecule has 0 spiro atoms. The van der Waals surface area contributed by atoms with Crippen molar-refractivity contribution in [3.63, 3.8) is 0 Å². The largest absolute Gasteiger partial charge is 0.456 e. The van der Waals surface area contributed by atoms with Crippen LogP contribution in [0.2, 0.25) is 0 Å². The van der Waals surface area contributed by atoms with E-state index >= 15 is 0 Å². The molecule has 0 N–H and O–H groups in total. The molecule has 7 aromatic carbocycles. The fourth-order valence-corrected chi connectivity index (χ4v) is 13.5. The third-order valence-corrected chi connectivity index (χ3v) is 17.6. The van der Waals surface area contributed by atoms with Crippen LogP contribution in [0.5, 0.6) is 0 Å². The van der Waals surface area contributed by atoms with Gasteiger partial charge in [-0.05, 0) is 158 Å². The van der Waals surface area contributed by atoms with Crippen LogP contribution in [-0.2, 0) is 27.1 Å². The van der Waals surface area contributed by atoms with Crippen molar-refractivity contribution < 1.29 is 8.83 Å². The first-order chi connectivity index (χ1) is 31.8. The van der Waals surface area contributed by atoms with Crippen molar-refractivity contribution in [2.75, 3.05) is 4.81 Å². The molecule has 67 heavy (non-hydrogen) atoms. The fraction of sp³-hybridized carbons (Fsp3) is 0.323. The summed E-state index contributed by atoms with van der Waals surface area (Å²) in [7, 11) is 0. The van der Waals surface area contributed by atoms with E-state index in [0.717, 1.165) is 58.8 Å². The average molecular weight is 875 g/mol. The molecule has 0 saturated heterocycles. The molecule has 0 fully saturated rings. The van der Waals surface area contributed by atoms with Gasteiger partial charge in [-0.3, -0.25) is 0 Å². The van der Waals surface area contributed by atoms with Gasteiger partial charge in [0, 0.05) is 49.6 Å². The number of hydrogen-bond acceptors (Lipinski definition) is 3. The van der Waals surface area contributed by atoms with E-state index < -0.39 is 0 Å². The Balaban J connectivity index is 1.25. The molecular formula is C62H59BN2O2. The van der Waals surface area contributed by atoms with Gasteiger partial charge in [0.1, 0.15) is 22.3 Å². The Kier molecular flexibility index (Phi) is 7.43. The number of para-hydroxylation sites is 2. The first-order valence-corrected chi connectivity index (χ1v) is 24.9. The normalized spacial score (nSPS) is 18.6. The Morgan fingerprint density at radius 2 is 1.10 bits per heavy atom. The maximum absolute atomic E-state index is 7.37. The van der Waals surface area contributed by atoms with Crippen LogP contribution in [0.3, 0.4) is 0 Å². The highest BCUT2D eigenvalue weighted by Gasteiger charge is 2.49. The van der Waals surface area contributed by atoms with Crippen molar-refractivity contribution in [2.45, 2.75) is 129 Å². The van der Waals surface area contributed by atoms with Gasteiger partial charge in [-0.2, -0.15) is 0 Å². The molecule has 0 bridgehead atoms. The van der Waals surface area contributed by atoms with E-state index in [2.05, 4.69) is 195 Å². The van der Waals surface area contributed by atoms with E-state index in [-0.39, 0.29) is 33.9 Å². The number of hydrogen-bond donors (Lipinski definition) is 0. The Morgan fingerprint density at radius 1 is 0.522 bits per heavy atom. The summed E-state index contributed by atoms with van der Waals surface area (Å²) in [5.41, 5.74) is 22.5. The molecular weight excluding hydrogens is 816 g/mol. The molecule has 332 valence electrons. The quantitative estimate of drug-likeness (QED) is 0.154. The second kappa shape index (κ2) is 12.5. The van der Waals surface area contributed by atoms with Gasteiger partial charge >= 0.3 is 6.85 Å². The molecule has 5 heterocycles. The van der Waals surface area contributed by atoms with Crippen LogP contribution in [0.1, 0.15) is 130 Å². The number of anilines is 2. The lowest BCUT2D eigenvalue weighted by Gasteiger charge is -2.46. The first kappa shape index (κ1) is 39.9. The second-order valence-electron chi connectivity index (χ2n) is 24.6. The third-order valence-electron chi connectivity index (χ3n) is 17.6. The fourth-order valence-electron chi connectivity index (χ4n) is 13.5. The Bertz CT molecular complexity index is 3860. The lowest BCUT2D eigenvalue weighted by Crippen LogP contribution is -2.60. The number of nitrogens with zero attached hydrogens (tertiary/aromatic N) is 2. The van der Waals surface area contributed by atoms with Crippen LogP contribution < -0.4 is 15.7 Å². The summed E-state index contributed by atoms with van der Waals surface area (Å²) in [6.07, 6.45) is 4.60. The minimum absolute atomic E-state index is 0.0154. The SMILES string of the molecule is CC(C)(C)c1ccc(N2B3c4cc5oc6ccccc6c5cc4-n4c5cc6c(cc5c5c7oc8ccccc8c7c(c3c54)-c3cc4c(cc32)C(C)(C)CCC4(C)C)C(C)(C)CCC6(C)C)cc1. The summed E-state index contributed by atoms with van der Waals surface area (Å²) in [5.74, 6) is 0. The summed E-state index contributed by atoms with van der Waals surface area (Å²) in [6, 6.07) is 42.2. The maximum atomic E-state index is 7.37. The van der Waals surface area contributed by atoms with Crippen molar-refractivity contribution >= 4 is 94.8 Å². The standard InChI is InChI=1S/C62H59BN2O2/c1-58(2,3)34-20-22-35(23-21-34)65-47-32-44-42(60(6,7)25-27-62(44,10)11)29-40(47)52-53-37-17-13-15-19-50(37)67-57(53)54-39-28-41-43(61(8,9)26-24-59(41,4)5)31-46(39)64-48-30-38-36-16-12-14-18-49(36)66-51(38)33-45(48)63(65)55(52)56(54)64/h12-23,28-33H,24-27H2,1-11H3. The molecule has 5 heteroatoms. The molecule has 3 aromatic heterocycles. The molecule has 0 saturated carbocycles. The second-order valence-corrected chi connectivity index (χ2v) is 24.6. The van der Waals surface area contributed by atoms with Crippen LogP contribution in [-0.4, -0.2) is 11.4 Å². The van der Waals surface area contributed by atoms with E-state index in [1.54, 1.807) is 0 Å². The number of aromatic nitrogens is 1. The summed E-state index contributed by atoms with van der Waals surface area (Å²) in [4.78, 5) is 2.72. The van der Waals surface area contributed by atoms with Crippen LogP contribution in [0, 0.1) is 0 Å². The monoisotopic (exact) mass is 874 g/mol.